The van der Waals surface area contributed by atoms with Crippen LogP contribution in [-0.4, -0.2) is 74.1 Å². The summed E-state index contributed by atoms with van der Waals surface area (Å²) in [6, 6.07) is 20.4. The first kappa shape index (κ1) is 39.8. The zero-order valence-electron chi connectivity index (χ0n) is 28.8. The van der Waals surface area contributed by atoms with Gasteiger partial charge in [-0.25, -0.2) is 19.2 Å². The van der Waals surface area contributed by atoms with Crippen molar-refractivity contribution in [3.8, 4) is 17.6 Å². The number of ether oxygens (including phenoxy) is 4. The Kier molecular flexibility index (Phi) is 15.3. The smallest absolute Gasteiger partial charge is 0.349 e. The summed E-state index contributed by atoms with van der Waals surface area (Å²) in [6.07, 6.45) is -2.67. The third kappa shape index (κ3) is 10.8. The van der Waals surface area contributed by atoms with Gasteiger partial charge in [-0.1, -0.05) is 55.3 Å². The van der Waals surface area contributed by atoms with Crippen molar-refractivity contribution in [3.63, 3.8) is 0 Å². The summed E-state index contributed by atoms with van der Waals surface area (Å²) in [7, 11) is 5.16. The molecule has 3 aromatic carbocycles. The van der Waals surface area contributed by atoms with E-state index in [-0.39, 0.29) is 17.0 Å². The Bertz CT molecular complexity index is 1540. The highest BCUT2D eigenvalue weighted by Crippen LogP contribution is 2.40. The number of benzene rings is 3. The lowest BCUT2D eigenvalue weighted by Crippen LogP contribution is -2.45. The number of esters is 2. The molecule has 0 fully saturated rings. The molecule has 0 aliphatic heterocycles. The molecule has 0 spiro atoms. The average molecular weight is 677 g/mol. The maximum atomic E-state index is 12.2. The van der Waals surface area contributed by atoms with Crippen LogP contribution >= 0.6 is 0 Å². The van der Waals surface area contributed by atoms with Crippen molar-refractivity contribution in [2.45, 2.75) is 58.2 Å². The minimum Gasteiger partial charge on any atom is -0.493 e. The van der Waals surface area contributed by atoms with Crippen LogP contribution in [0.5, 0.6) is 11.5 Å². The molecule has 3 aromatic rings. The van der Waals surface area contributed by atoms with Crippen LogP contribution in [0.25, 0.3) is 0 Å². The normalized spacial score (nSPS) is 13.0. The van der Waals surface area contributed by atoms with Gasteiger partial charge in [-0.2, -0.15) is 5.26 Å². The predicted molar refractivity (Wildman–Crippen MR) is 181 cm³/mol. The van der Waals surface area contributed by atoms with Gasteiger partial charge in [0.1, 0.15) is 0 Å². The number of carbonyl (C=O) groups is 4. The molecule has 0 heterocycles. The predicted octanol–water partition coefficient (Wildman–Crippen LogP) is 5.34. The van der Waals surface area contributed by atoms with Crippen molar-refractivity contribution in [2.75, 3.05) is 27.8 Å². The lowest BCUT2D eigenvalue weighted by Gasteiger charge is -2.32. The minimum atomic E-state index is -2.22. The Balaban J connectivity index is 0.000000355. The number of aryl methyl sites for hydroxylation is 2. The Hall–Kier alpha value is -5.41. The van der Waals surface area contributed by atoms with E-state index in [4.69, 9.17) is 18.9 Å². The highest BCUT2D eigenvalue weighted by atomic mass is 16.6. The number of carbonyl (C=O) groups excluding carboxylic acids is 2. The van der Waals surface area contributed by atoms with E-state index < -0.39 is 41.5 Å². The number of hydrogen-bond donors (Lipinski definition) is 3. The SMILES string of the molecule is CNCCC[C@](C#N)(c1ccc(OC)c(OC)c1)C(C)C.Cc1ccc(C(=O)O[C@@H](C(=O)O)[C@@H](OC(=O)c2ccc(C)cc2)C(=O)O)cc1. The van der Waals surface area contributed by atoms with Gasteiger partial charge in [-0.3, -0.25) is 0 Å². The molecule has 262 valence electrons. The second kappa shape index (κ2) is 18.8. The first-order valence-electron chi connectivity index (χ1n) is 15.5. The Morgan fingerprint density at radius 1 is 0.776 bits per heavy atom. The summed E-state index contributed by atoms with van der Waals surface area (Å²) in [5, 5.41) is 31.6. The van der Waals surface area contributed by atoms with Gasteiger partial charge in [0.05, 0.1) is 36.8 Å². The topological polar surface area (TPSA) is 181 Å². The van der Waals surface area contributed by atoms with Crippen LogP contribution < -0.4 is 14.8 Å². The van der Waals surface area contributed by atoms with E-state index in [2.05, 4.69) is 25.2 Å². The first-order valence-corrected chi connectivity index (χ1v) is 15.5. The Morgan fingerprint density at radius 3 is 1.57 bits per heavy atom. The van der Waals surface area contributed by atoms with Crippen molar-refractivity contribution >= 4 is 23.9 Å². The van der Waals surface area contributed by atoms with E-state index in [0.717, 1.165) is 36.1 Å². The fourth-order valence-electron chi connectivity index (χ4n) is 4.90. The quantitative estimate of drug-likeness (QED) is 0.139. The lowest BCUT2D eigenvalue weighted by atomic mass is 9.70. The van der Waals surface area contributed by atoms with E-state index in [1.807, 2.05) is 25.2 Å². The third-order valence-corrected chi connectivity index (χ3v) is 7.89. The highest BCUT2D eigenvalue weighted by Gasteiger charge is 2.41. The summed E-state index contributed by atoms with van der Waals surface area (Å²) in [5.74, 6) is -4.04. The fourth-order valence-corrected chi connectivity index (χ4v) is 4.90. The molecule has 0 radical (unpaired) electrons. The van der Waals surface area contributed by atoms with Gasteiger partial charge < -0.3 is 34.5 Å². The number of nitriles is 1. The molecule has 0 saturated carbocycles. The summed E-state index contributed by atoms with van der Waals surface area (Å²) < 4.78 is 20.3. The molecule has 12 heteroatoms. The molecule has 0 unspecified atom stereocenters. The number of methoxy groups -OCH3 is 2. The van der Waals surface area contributed by atoms with Gasteiger partial charge in [-0.05, 0) is 88.2 Å². The summed E-state index contributed by atoms with van der Waals surface area (Å²) in [4.78, 5) is 47.3. The van der Waals surface area contributed by atoms with Gasteiger partial charge in [-0.15, -0.1) is 0 Å². The van der Waals surface area contributed by atoms with Gasteiger partial charge in [0.15, 0.2) is 11.5 Å². The van der Waals surface area contributed by atoms with Crippen LogP contribution in [-0.2, 0) is 24.5 Å². The molecule has 0 bridgehead atoms. The van der Waals surface area contributed by atoms with E-state index in [1.165, 1.54) is 24.3 Å². The molecular formula is C37H44N2O10. The largest absolute Gasteiger partial charge is 0.493 e. The Labute approximate surface area is 286 Å². The molecular weight excluding hydrogens is 632 g/mol. The summed E-state index contributed by atoms with van der Waals surface area (Å²) in [6.45, 7) is 8.68. The lowest BCUT2D eigenvalue weighted by molar-refractivity contribution is -0.166. The Morgan fingerprint density at radius 2 is 1.22 bits per heavy atom. The van der Waals surface area contributed by atoms with Crippen molar-refractivity contribution in [1.82, 2.24) is 5.32 Å². The molecule has 3 rings (SSSR count). The molecule has 49 heavy (non-hydrogen) atoms. The zero-order chi connectivity index (χ0) is 36.7. The van der Waals surface area contributed by atoms with Crippen LogP contribution in [0.15, 0.2) is 66.7 Å². The van der Waals surface area contributed by atoms with Crippen LogP contribution in [0.1, 0.15) is 64.1 Å². The standard InChI is InChI=1S/C20H18O8.C17H26N2O2/c1-11-3-7-13(8-4-11)19(25)27-15(17(21)22)16(18(23)24)28-20(26)14-9-5-12(2)6-10-14;1-13(2)17(12-18,9-6-10-19-3)14-7-8-15(20-4)16(11-14)21-5/h3-10,15-16H,1-2H3,(H,21,22)(H,23,24);7-8,11,13,19H,6,9-10H2,1-5H3/t15-,16-;17-/m11/s1. The van der Waals surface area contributed by atoms with Crippen LogP contribution in [0.2, 0.25) is 0 Å². The molecule has 3 atom stereocenters. The third-order valence-electron chi connectivity index (χ3n) is 7.89. The minimum absolute atomic E-state index is 0.0332. The number of nitrogens with one attached hydrogen (secondary N) is 1. The zero-order valence-corrected chi connectivity index (χ0v) is 28.8. The van der Waals surface area contributed by atoms with Crippen LogP contribution in [0, 0.1) is 31.1 Å². The van der Waals surface area contributed by atoms with Crippen molar-refractivity contribution < 1.29 is 48.3 Å². The molecule has 0 amide bonds. The fraction of sp³-hybridized carbons (Fsp3) is 0.378. The maximum absolute atomic E-state index is 12.2. The molecule has 0 saturated heterocycles. The summed E-state index contributed by atoms with van der Waals surface area (Å²) >= 11 is 0. The first-order chi connectivity index (χ1) is 23.2. The summed E-state index contributed by atoms with van der Waals surface area (Å²) in [5.41, 5.74) is 2.28. The number of aliphatic carboxylic acids is 2. The molecule has 0 aromatic heterocycles. The molecule has 3 N–H and O–H groups in total. The number of hydrogen-bond acceptors (Lipinski definition) is 10. The van der Waals surface area contributed by atoms with E-state index in [9.17, 15) is 34.7 Å². The van der Waals surface area contributed by atoms with Gasteiger partial charge >= 0.3 is 23.9 Å². The molecule has 12 nitrogen and oxygen atoms in total. The van der Waals surface area contributed by atoms with Crippen molar-refractivity contribution in [3.05, 3.63) is 94.5 Å². The van der Waals surface area contributed by atoms with Crippen LogP contribution in [0.4, 0.5) is 0 Å². The number of rotatable bonds is 15. The maximum Gasteiger partial charge on any atom is 0.349 e. The van der Waals surface area contributed by atoms with Gasteiger partial charge in [0.2, 0.25) is 12.2 Å². The highest BCUT2D eigenvalue weighted by molar-refractivity contribution is 5.95. The van der Waals surface area contributed by atoms with E-state index in [0.29, 0.717) is 11.5 Å². The molecule has 0 aliphatic carbocycles. The number of carboxylic acid groups (broad SMARTS) is 2. The average Bonchev–Trinajstić information content (AvgIpc) is 3.08. The van der Waals surface area contributed by atoms with Crippen molar-refractivity contribution in [2.24, 2.45) is 5.92 Å². The van der Waals surface area contributed by atoms with Crippen molar-refractivity contribution in [1.29, 1.82) is 5.26 Å². The second-order valence-corrected chi connectivity index (χ2v) is 11.6. The van der Waals surface area contributed by atoms with E-state index >= 15 is 0 Å². The second-order valence-electron chi connectivity index (χ2n) is 11.6. The van der Waals surface area contributed by atoms with Gasteiger partial charge in [0, 0.05) is 0 Å². The van der Waals surface area contributed by atoms with E-state index in [1.54, 1.807) is 52.3 Å². The monoisotopic (exact) mass is 676 g/mol. The number of nitrogens with zero attached hydrogens (tertiary/aromatic N) is 1. The van der Waals surface area contributed by atoms with Gasteiger partial charge in [0.25, 0.3) is 0 Å². The number of carboxylic acids is 2. The molecule has 0 aliphatic rings. The van der Waals surface area contributed by atoms with Crippen LogP contribution in [0.3, 0.4) is 0 Å².